The Hall–Kier alpha value is -9.03. The molecule has 2 heterocycles. The highest BCUT2D eigenvalue weighted by atomic mass is 16.2. The lowest BCUT2D eigenvalue weighted by Crippen LogP contribution is -2.66. The average molecular weight is 1090 g/mol. The molecule has 3 unspecified atom stereocenters. The maximum absolute atomic E-state index is 15.3. The molecule has 25 heteroatoms. The Bertz CT molecular complexity index is 2880. The van der Waals surface area contributed by atoms with E-state index in [1.54, 1.807) is 60.8 Å². The number of hydrogen-bond acceptors (Lipinski definition) is 11. The Morgan fingerprint density at radius 3 is 1.97 bits per heavy atom. The van der Waals surface area contributed by atoms with Crippen LogP contribution in [0.5, 0.6) is 0 Å². The number of hydrogen-bond donors (Lipinski definition) is 14. The van der Waals surface area contributed by atoms with Crippen molar-refractivity contribution in [2.75, 3.05) is 19.6 Å². The molecule has 79 heavy (non-hydrogen) atoms. The Morgan fingerprint density at radius 2 is 1.30 bits per heavy atom. The van der Waals surface area contributed by atoms with E-state index in [2.05, 4.69) is 57.5 Å². The molecule has 0 saturated carbocycles. The fourth-order valence-corrected chi connectivity index (χ4v) is 9.66. The summed E-state index contributed by atoms with van der Waals surface area (Å²) in [6, 6.07) is 15.0. The van der Waals surface area contributed by atoms with Crippen LogP contribution in [0.3, 0.4) is 0 Å². The number of guanidine groups is 2. The van der Waals surface area contributed by atoms with Gasteiger partial charge in [0, 0.05) is 69.3 Å². The number of para-hydroxylation sites is 1. The Labute approximate surface area is 456 Å². The molecule has 1 aliphatic heterocycles. The Kier molecular flexibility index (Phi) is 21.3. The molecule has 25 nitrogen and oxygen atoms in total. The molecule has 0 bridgehead atoms. The third-order valence-corrected chi connectivity index (χ3v) is 13.7. The van der Waals surface area contributed by atoms with Crippen molar-refractivity contribution < 1.29 is 43.2 Å². The lowest BCUT2D eigenvalue weighted by atomic mass is 9.92. The summed E-state index contributed by atoms with van der Waals surface area (Å²) in [6.07, 6.45) is 1.67. The minimum absolute atomic E-state index is 0.0230. The molecule has 1 spiro atoms. The summed E-state index contributed by atoms with van der Waals surface area (Å²) in [5.74, 6) is -7.39. The molecule has 1 saturated heterocycles. The predicted molar refractivity (Wildman–Crippen MR) is 295 cm³/mol. The third kappa shape index (κ3) is 17.5. The van der Waals surface area contributed by atoms with Gasteiger partial charge >= 0.3 is 0 Å². The van der Waals surface area contributed by atoms with Crippen molar-refractivity contribution in [2.24, 2.45) is 38.7 Å². The molecule has 6 atom stereocenters. The molecule has 6 rings (SSSR count). The highest BCUT2D eigenvalue weighted by Gasteiger charge is 2.48. The standard InChI is InChI=1S/C54H72N16O9/c1-31(71)64-39(20-11-23-61-52(56)57)46(74)68-43-27-44(72)60-22-10-9-19-38(45(55)73)65-49(77)42(26-35-30-63-37-18-8-7-17-36(35)37)67-47(75)40(21-12-24-62-53(58)59)66-48(76)41(25-32-13-3-2-4-14-32)69-51(79)54(70-50(43)78)28-33-15-5-6-16-34(33)29-54/h2-8,13-18,30,38-43,63H,9-12,19-29H2,1H3,(H2,55,73)(H,60,72)(H,64,71)(H,65,77)(H,66,76)(H,67,75)(H,68,74)(H,69,79)(H,70,78)(H4,56,57,61)(H4,58,59,62)/t38?,39-,40-,41?,42-,43?/m0/s1. The van der Waals surface area contributed by atoms with Crippen LogP contribution >= 0.6 is 0 Å². The van der Waals surface area contributed by atoms with Gasteiger partial charge in [-0.3, -0.25) is 53.1 Å². The van der Waals surface area contributed by atoms with Gasteiger partial charge in [0.1, 0.15) is 41.8 Å². The number of nitrogens with two attached hydrogens (primary N) is 5. The SMILES string of the molecule is CC(=O)N[C@@H](CCCN=C(N)N)C(=O)NC1CC(=O)NCCCCC(C(N)=O)NC(=O)[C@H](Cc2c[nH]c3ccccc23)NC(=O)[C@H](CCCN=C(N)N)NC(=O)C(Cc2ccccc2)NC(=O)C2(Cc3ccccc3C2)NC1=O. The second-order valence-electron chi connectivity index (χ2n) is 19.8. The van der Waals surface area contributed by atoms with Crippen molar-refractivity contribution in [3.8, 4) is 0 Å². The summed E-state index contributed by atoms with van der Waals surface area (Å²) in [4.78, 5) is 138. The van der Waals surface area contributed by atoms with E-state index >= 15 is 4.79 Å². The number of carbonyl (C=O) groups excluding carboxylic acids is 9. The van der Waals surface area contributed by atoms with E-state index in [1.807, 2.05) is 24.3 Å². The quantitative estimate of drug-likeness (QED) is 0.0323. The molecule has 4 aromatic rings. The number of aromatic amines is 1. The number of aromatic nitrogens is 1. The van der Waals surface area contributed by atoms with Crippen molar-refractivity contribution >= 4 is 76.0 Å². The van der Waals surface area contributed by atoms with Gasteiger partial charge in [-0.2, -0.15) is 0 Å². The van der Waals surface area contributed by atoms with Crippen LogP contribution in [0.15, 0.2) is 95.0 Å². The molecule has 0 radical (unpaired) electrons. The lowest BCUT2D eigenvalue weighted by Gasteiger charge is -2.33. The molecule has 1 aromatic heterocycles. The van der Waals surface area contributed by atoms with Crippen LogP contribution in [0.4, 0.5) is 0 Å². The first-order valence-corrected chi connectivity index (χ1v) is 26.2. The third-order valence-electron chi connectivity index (χ3n) is 13.7. The van der Waals surface area contributed by atoms with Gasteiger partial charge in [0.05, 0.1) is 6.42 Å². The minimum atomic E-state index is -1.82. The van der Waals surface area contributed by atoms with E-state index in [1.165, 1.54) is 6.92 Å². The van der Waals surface area contributed by atoms with Gasteiger partial charge in [-0.05, 0) is 73.3 Å². The summed E-state index contributed by atoms with van der Waals surface area (Å²) in [6.45, 7) is 1.41. The molecule has 9 amide bonds. The molecule has 1 aliphatic carbocycles. The largest absolute Gasteiger partial charge is 0.370 e. The van der Waals surface area contributed by atoms with Crippen LogP contribution in [0.1, 0.15) is 80.5 Å². The zero-order valence-corrected chi connectivity index (χ0v) is 44.1. The minimum Gasteiger partial charge on any atom is -0.370 e. The van der Waals surface area contributed by atoms with Gasteiger partial charge in [0.2, 0.25) is 53.2 Å². The van der Waals surface area contributed by atoms with Crippen LogP contribution in [0.25, 0.3) is 10.9 Å². The van der Waals surface area contributed by atoms with Gasteiger partial charge in [-0.25, -0.2) is 0 Å². The first-order chi connectivity index (χ1) is 37.8. The molecule has 2 aliphatic rings. The fourth-order valence-electron chi connectivity index (χ4n) is 9.66. The fraction of sp³-hybridized carbons (Fsp3) is 0.426. The number of H-pyrrole nitrogens is 1. The van der Waals surface area contributed by atoms with Crippen LogP contribution in [-0.2, 0) is 68.8 Å². The van der Waals surface area contributed by atoms with E-state index < -0.39 is 101 Å². The first-order valence-electron chi connectivity index (χ1n) is 26.2. The summed E-state index contributed by atoms with van der Waals surface area (Å²) < 4.78 is 0. The van der Waals surface area contributed by atoms with E-state index in [0.29, 0.717) is 22.3 Å². The summed E-state index contributed by atoms with van der Waals surface area (Å²) in [5, 5.41) is 22.8. The number of benzene rings is 3. The zero-order chi connectivity index (χ0) is 57.1. The molecule has 3 aromatic carbocycles. The number of fused-ring (bicyclic) bond motifs is 2. The van der Waals surface area contributed by atoms with Gasteiger partial charge in [0.25, 0.3) is 0 Å². The number of primary amides is 1. The predicted octanol–water partition coefficient (Wildman–Crippen LogP) is -2.18. The maximum atomic E-state index is 15.3. The van der Waals surface area contributed by atoms with Gasteiger partial charge in [0.15, 0.2) is 11.9 Å². The lowest BCUT2D eigenvalue weighted by molar-refractivity contribution is -0.139. The molecular formula is C54H72N16O9. The summed E-state index contributed by atoms with van der Waals surface area (Å²) in [7, 11) is 0. The topological polar surface area (TPSA) is 420 Å². The zero-order valence-electron chi connectivity index (χ0n) is 44.1. The molecule has 1 fully saturated rings. The van der Waals surface area contributed by atoms with Crippen LogP contribution < -0.4 is 71.2 Å². The van der Waals surface area contributed by atoms with Crippen LogP contribution in [0, 0.1) is 0 Å². The number of rotatable bonds is 16. The highest BCUT2D eigenvalue weighted by molar-refractivity contribution is 6.01. The van der Waals surface area contributed by atoms with Crippen molar-refractivity contribution in [2.45, 2.75) is 126 Å². The van der Waals surface area contributed by atoms with E-state index in [0.717, 1.165) is 10.9 Å². The highest BCUT2D eigenvalue weighted by Crippen LogP contribution is 2.31. The summed E-state index contributed by atoms with van der Waals surface area (Å²) >= 11 is 0. The normalized spacial score (nSPS) is 20.8. The van der Waals surface area contributed by atoms with Crippen molar-refractivity contribution in [1.82, 2.24) is 47.5 Å². The van der Waals surface area contributed by atoms with Gasteiger partial charge < -0.3 is 76.2 Å². The maximum Gasteiger partial charge on any atom is 0.247 e. The van der Waals surface area contributed by atoms with E-state index in [9.17, 15) is 38.4 Å². The molecular weight excluding hydrogens is 1020 g/mol. The van der Waals surface area contributed by atoms with Gasteiger partial charge in [-0.1, -0.05) is 72.8 Å². The number of nitrogens with one attached hydrogen (secondary N) is 9. The smallest absolute Gasteiger partial charge is 0.247 e. The average Bonchev–Trinajstić information content (AvgIpc) is 4.18. The number of carbonyl (C=O) groups is 9. The number of aliphatic imine (C=N–C) groups is 2. The van der Waals surface area contributed by atoms with Gasteiger partial charge in [-0.15, -0.1) is 0 Å². The van der Waals surface area contributed by atoms with Crippen molar-refractivity contribution in [3.63, 3.8) is 0 Å². The summed E-state index contributed by atoms with van der Waals surface area (Å²) in [5.41, 5.74) is 29.6. The monoisotopic (exact) mass is 1090 g/mol. The number of amides is 9. The van der Waals surface area contributed by atoms with Crippen molar-refractivity contribution in [1.29, 1.82) is 0 Å². The Balaban J connectivity index is 1.40. The second kappa shape index (κ2) is 28.4. The molecule has 422 valence electrons. The Morgan fingerprint density at radius 1 is 0.696 bits per heavy atom. The first kappa shape index (κ1) is 59.2. The number of nitrogens with zero attached hydrogens (tertiary/aromatic N) is 2. The second-order valence-corrected chi connectivity index (χ2v) is 19.8. The van der Waals surface area contributed by atoms with Crippen LogP contribution in [0.2, 0.25) is 0 Å². The molecule has 19 N–H and O–H groups in total. The van der Waals surface area contributed by atoms with Crippen LogP contribution in [-0.4, -0.2) is 131 Å². The van der Waals surface area contributed by atoms with E-state index in [4.69, 9.17) is 28.7 Å². The van der Waals surface area contributed by atoms with Crippen molar-refractivity contribution in [3.05, 3.63) is 107 Å². The van der Waals surface area contributed by atoms with E-state index in [-0.39, 0.29) is 102 Å².